The van der Waals surface area contributed by atoms with Crippen LogP contribution in [-0.2, 0) is 4.79 Å². The Morgan fingerprint density at radius 2 is 2.10 bits per heavy atom. The molecular weight excluding hydrogens is 328 g/mol. The van der Waals surface area contributed by atoms with E-state index >= 15 is 0 Å². The summed E-state index contributed by atoms with van der Waals surface area (Å²) in [7, 11) is 1.53. The molecule has 0 saturated heterocycles. The van der Waals surface area contributed by atoms with E-state index in [9.17, 15) is 9.59 Å². The van der Waals surface area contributed by atoms with Gasteiger partial charge in [-0.1, -0.05) is 22.9 Å². The molecule has 1 unspecified atom stereocenters. The van der Waals surface area contributed by atoms with Crippen molar-refractivity contribution in [2.45, 2.75) is 25.8 Å². The van der Waals surface area contributed by atoms with Crippen LogP contribution in [0.25, 0.3) is 0 Å². The predicted molar refractivity (Wildman–Crippen MR) is 79.2 cm³/mol. The maximum absolute atomic E-state index is 11.8. The van der Waals surface area contributed by atoms with Gasteiger partial charge in [-0.15, -0.1) is 0 Å². The number of aliphatic carboxylic acids is 1. The van der Waals surface area contributed by atoms with Crippen molar-refractivity contribution in [2.75, 3.05) is 12.4 Å². The van der Waals surface area contributed by atoms with Crippen molar-refractivity contribution in [3.8, 4) is 5.75 Å². The lowest BCUT2D eigenvalue weighted by atomic mass is 10.1. The second-order valence-corrected chi connectivity index (χ2v) is 5.10. The molecule has 1 rings (SSSR count). The molecule has 0 radical (unpaired) electrons. The zero-order valence-electron chi connectivity index (χ0n) is 11.3. The summed E-state index contributed by atoms with van der Waals surface area (Å²) in [5, 5.41) is 14.0. The van der Waals surface area contributed by atoms with E-state index in [1.54, 1.807) is 18.2 Å². The molecule has 0 aliphatic heterocycles. The van der Waals surface area contributed by atoms with Crippen molar-refractivity contribution in [3.63, 3.8) is 0 Å². The Labute approximate surface area is 125 Å². The number of halogens is 1. The van der Waals surface area contributed by atoms with Crippen LogP contribution in [-0.4, -0.2) is 30.3 Å². The van der Waals surface area contributed by atoms with Gasteiger partial charge in [-0.05, 0) is 18.6 Å². The number of anilines is 1. The fourth-order valence-corrected chi connectivity index (χ4v) is 2.09. The van der Waals surface area contributed by atoms with Gasteiger partial charge in [0.1, 0.15) is 5.75 Å². The van der Waals surface area contributed by atoms with E-state index in [1.807, 2.05) is 6.92 Å². The molecule has 0 aliphatic carbocycles. The Morgan fingerprint density at radius 1 is 1.40 bits per heavy atom. The van der Waals surface area contributed by atoms with Crippen LogP contribution in [0.2, 0.25) is 0 Å². The molecule has 0 bridgehead atoms. The van der Waals surface area contributed by atoms with Crippen LogP contribution in [0.3, 0.4) is 0 Å². The van der Waals surface area contributed by atoms with E-state index < -0.39 is 18.0 Å². The van der Waals surface area contributed by atoms with E-state index in [1.165, 1.54) is 7.11 Å². The number of urea groups is 1. The second-order valence-electron chi connectivity index (χ2n) is 4.18. The van der Waals surface area contributed by atoms with Gasteiger partial charge in [0, 0.05) is 22.3 Å². The van der Waals surface area contributed by atoms with Crippen LogP contribution in [0.15, 0.2) is 22.7 Å². The molecule has 110 valence electrons. The average molecular weight is 345 g/mol. The summed E-state index contributed by atoms with van der Waals surface area (Å²) in [5.74, 6) is -0.339. The molecule has 2 amide bonds. The summed E-state index contributed by atoms with van der Waals surface area (Å²) in [6.45, 7) is 1.82. The van der Waals surface area contributed by atoms with Crippen LogP contribution in [0.1, 0.15) is 19.8 Å². The molecule has 0 heterocycles. The van der Waals surface area contributed by atoms with E-state index in [0.29, 0.717) is 17.9 Å². The fraction of sp³-hybridized carbons (Fsp3) is 0.385. The first-order valence-corrected chi connectivity index (χ1v) is 6.87. The zero-order chi connectivity index (χ0) is 15.1. The summed E-state index contributed by atoms with van der Waals surface area (Å²) in [5.41, 5.74) is 0.555. The number of ether oxygens (including phenoxy) is 1. The molecule has 0 spiro atoms. The van der Waals surface area contributed by atoms with Crippen molar-refractivity contribution in [1.82, 2.24) is 5.32 Å². The van der Waals surface area contributed by atoms with Crippen LogP contribution in [0.5, 0.6) is 5.75 Å². The monoisotopic (exact) mass is 344 g/mol. The Bertz CT molecular complexity index is 493. The van der Waals surface area contributed by atoms with Crippen LogP contribution < -0.4 is 15.4 Å². The first-order chi connectivity index (χ1) is 9.44. The summed E-state index contributed by atoms with van der Waals surface area (Å²) in [6.07, 6.45) is 0.438. The third kappa shape index (κ3) is 5.48. The Balaban J connectivity index is 2.65. The number of hydrogen-bond donors (Lipinski definition) is 3. The van der Waals surface area contributed by atoms with E-state index in [2.05, 4.69) is 26.6 Å². The molecule has 3 N–H and O–H groups in total. The molecule has 0 fully saturated rings. The number of carboxylic acids is 1. The third-order valence-electron chi connectivity index (χ3n) is 2.61. The minimum absolute atomic E-state index is 0.105. The first kappa shape index (κ1) is 16.3. The van der Waals surface area contributed by atoms with E-state index in [4.69, 9.17) is 9.84 Å². The summed E-state index contributed by atoms with van der Waals surface area (Å²) >= 11 is 3.31. The lowest BCUT2D eigenvalue weighted by Gasteiger charge is -2.16. The summed E-state index contributed by atoms with van der Waals surface area (Å²) in [6, 6.07) is 4.31. The van der Waals surface area contributed by atoms with Gasteiger partial charge in [0.05, 0.1) is 13.5 Å². The molecule has 0 saturated carbocycles. The van der Waals surface area contributed by atoms with E-state index in [-0.39, 0.29) is 6.42 Å². The van der Waals surface area contributed by atoms with Crippen LogP contribution in [0, 0.1) is 0 Å². The normalized spacial score (nSPS) is 11.6. The number of carbonyl (C=O) groups excluding carboxylic acids is 1. The molecule has 0 aromatic heterocycles. The number of methoxy groups -OCH3 is 1. The van der Waals surface area contributed by atoms with Crippen LogP contribution in [0.4, 0.5) is 10.5 Å². The molecule has 1 aromatic rings. The highest BCUT2D eigenvalue weighted by Gasteiger charge is 2.14. The van der Waals surface area contributed by atoms with Gasteiger partial charge in [-0.2, -0.15) is 0 Å². The van der Waals surface area contributed by atoms with Gasteiger partial charge < -0.3 is 20.5 Å². The molecule has 0 aliphatic rings. The highest BCUT2D eigenvalue weighted by molar-refractivity contribution is 9.10. The maximum atomic E-state index is 11.8. The minimum Gasteiger partial charge on any atom is -0.497 e. The van der Waals surface area contributed by atoms with Crippen molar-refractivity contribution in [3.05, 3.63) is 22.7 Å². The molecule has 6 nitrogen and oxygen atoms in total. The highest BCUT2D eigenvalue weighted by atomic mass is 79.9. The highest BCUT2D eigenvalue weighted by Crippen LogP contribution is 2.24. The molecule has 20 heavy (non-hydrogen) atoms. The van der Waals surface area contributed by atoms with Gasteiger partial charge in [-0.3, -0.25) is 4.79 Å². The number of carbonyl (C=O) groups is 2. The molecule has 1 atom stereocenters. The van der Waals surface area contributed by atoms with Crippen molar-refractivity contribution >= 4 is 33.6 Å². The summed E-state index contributed by atoms with van der Waals surface area (Å²) < 4.78 is 5.86. The fourth-order valence-electron chi connectivity index (χ4n) is 1.61. The zero-order valence-corrected chi connectivity index (χ0v) is 12.9. The van der Waals surface area contributed by atoms with Gasteiger partial charge in [0.2, 0.25) is 0 Å². The Kier molecular flexibility index (Phi) is 6.30. The maximum Gasteiger partial charge on any atom is 0.319 e. The van der Waals surface area contributed by atoms with Gasteiger partial charge in [-0.25, -0.2) is 4.79 Å². The number of rotatable bonds is 6. The largest absolute Gasteiger partial charge is 0.497 e. The quantitative estimate of drug-likeness (QED) is 0.740. The molecular formula is C13H17BrN2O4. The minimum atomic E-state index is -0.943. The number of hydrogen-bond acceptors (Lipinski definition) is 3. The van der Waals surface area contributed by atoms with Gasteiger partial charge >= 0.3 is 12.0 Å². The van der Waals surface area contributed by atoms with Crippen molar-refractivity contribution in [1.29, 1.82) is 0 Å². The lowest BCUT2D eigenvalue weighted by Crippen LogP contribution is -2.38. The topological polar surface area (TPSA) is 87.7 Å². The number of carboxylic acid groups (broad SMARTS) is 1. The SMILES string of the molecule is CCC(CC(=O)O)NC(=O)Nc1cc(Br)cc(OC)c1. The number of benzene rings is 1. The average Bonchev–Trinajstić information content (AvgIpc) is 2.36. The van der Waals surface area contributed by atoms with Gasteiger partial charge in [0.25, 0.3) is 0 Å². The number of amides is 2. The molecule has 1 aromatic carbocycles. The Hall–Kier alpha value is -1.76. The van der Waals surface area contributed by atoms with E-state index in [0.717, 1.165) is 4.47 Å². The van der Waals surface area contributed by atoms with Gasteiger partial charge in [0.15, 0.2) is 0 Å². The predicted octanol–water partition coefficient (Wildman–Crippen LogP) is 2.83. The first-order valence-electron chi connectivity index (χ1n) is 6.08. The number of nitrogens with one attached hydrogen (secondary N) is 2. The lowest BCUT2D eigenvalue weighted by molar-refractivity contribution is -0.137. The summed E-state index contributed by atoms with van der Waals surface area (Å²) in [4.78, 5) is 22.4. The smallest absolute Gasteiger partial charge is 0.319 e. The van der Waals surface area contributed by atoms with Crippen LogP contribution >= 0.6 is 15.9 Å². The standard InChI is InChI=1S/C13H17BrN2O4/c1-3-9(7-12(17)18)15-13(19)16-10-4-8(14)5-11(6-10)20-2/h4-6,9H,3,7H2,1-2H3,(H,17,18)(H2,15,16,19). The van der Waals surface area contributed by atoms with Crippen molar-refractivity contribution < 1.29 is 19.4 Å². The Morgan fingerprint density at radius 3 is 2.65 bits per heavy atom. The second kappa shape index (κ2) is 7.74. The third-order valence-corrected chi connectivity index (χ3v) is 3.07. The van der Waals surface area contributed by atoms with Crippen molar-refractivity contribution in [2.24, 2.45) is 0 Å². The molecule has 7 heteroatoms.